The average Bonchev–Trinajstić information content (AvgIpc) is 3.09. The van der Waals surface area contributed by atoms with E-state index in [4.69, 9.17) is 9.84 Å². The van der Waals surface area contributed by atoms with Crippen LogP contribution in [0.25, 0.3) is 0 Å². The van der Waals surface area contributed by atoms with Crippen LogP contribution in [0.1, 0.15) is 117 Å². The lowest BCUT2D eigenvalue weighted by molar-refractivity contribution is -0.192. The standard InChI is InChI=1S/C29H48O5/c1-28-16-15-21(30)18-20(28)11-12-22-23-13-14-25(31)29(23,2)19-24(27(22)28)34-17-9-7-5-3-4-6-8-10-26(32)33/h20,22-25,27,31H,3-19H2,1-2H3,(H,32,33)/t20-,22-,23-,24-,25-,27+,28-,29-/m0/s1. The first-order valence-electron chi connectivity index (χ1n) is 14.3. The second kappa shape index (κ2) is 11.0. The molecule has 5 heteroatoms. The van der Waals surface area contributed by atoms with Crippen molar-refractivity contribution in [2.24, 2.45) is 34.5 Å². The molecule has 0 amide bonds. The molecule has 0 heterocycles. The average molecular weight is 477 g/mol. The Hall–Kier alpha value is -0.940. The summed E-state index contributed by atoms with van der Waals surface area (Å²) in [7, 11) is 0. The number of aliphatic hydroxyl groups is 1. The van der Waals surface area contributed by atoms with Crippen molar-refractivity contribution in [1.29, 1.82) is 0 Å². The minimum Gasteiger partial charge on any atom is -0.481 e. The van der Waals surface area contributed by atoms with Gasteiger partial charge in [-0.25, -0.2) is 0 Å². The lowest BCUT2D eigenvalue weighted by Crippen LogP contribution is -2.60. The van der Waals surface area contributed by atoms with Crippen molar-refractivity contribution in [3.8, 4) is 0 Å². The molecule has 4 fully saturated rings. The van der Waals surface area contributed by atoms with E-state index >= 15 is 0 Å². The Morgan fingerprint density at radius 3 is 2.41 bits per heavy atom. The van der Waals surface area contributed by atoms with Crippen molar-refractivity contribution in [3.05, 3.63) is 0 Å². The van der Waals surface area contributed by atoms with Gasteiger partial charge in [-0.2, -0.15) is 0 Å². The molecule has 0 radical (unpaired) electrons. The summed E-state index contributed by atoms with van der Waals surface area (Å²) in [6, 6.07) is 0. The predicted molar refractivity (Wildman–Crippen MR) is 132 cm³/mol. The van der Waals surface area contributed by atoms with E-state index in [9.17, 15) is 14.7 Å². The molecule has 0 spiro atoms. The number of aliphatic hydroxyl groups excluding tert-OH is 1. The van der Waals surface area contributed by atoms with Gasteiger partial charge >= 0.3 is 5.97 Å². The van der Waals surface area contributed by atoms with Gasteiger partial charge in [0.1, 0.15) is 5.78 Å². The van der Waals surface area contributed by atoms with Crippen molar-refractivity contribution >= 4 is 11.8 Å². The molecule has 0 saturated heterocycles. The van der Waals surface area contributed by atoms with E-state index < -0.39 is 5.97 Å². The number of aliphatic carboxylic acids is 1. The fraction of sp³-hybridized carbons (Fsp3) is 0.931. The van der Waals surface area contributed by atoms with Crippen LogP contribution >= 0.6 is 0 Å². The highest BCUT2D eigenvalue weighted by Gasteiger charge is 2.63. The summed E-state index contributed by atoms with van der Waals surface area (Å²) in [5, 5.41) is 19.7. The number of fused-ring (bicyclic) bond motifs is 5. The number of carboxylic acid groups (broad SMARTS) is 1. The molecule has 0 aliphatic heterocycles. The summed E-state index contributed by atoms with van der Waals surface area (Å²) in [5.74, 6) is 2.03. The summed E-state index contributed by atoms with van der Waals surface area (Å²) in [6.45, 7) is 5.59. The van der Waals surface area contributed by atoms with Gasteiger partial charge in [0.05, 0.1) is 12.2 Å². The van der Waals surface area contributed by atoms with Crippen molar-refractivity contribution in [3.63, 3.8) is 0 Å². The van der Waals surface area contributed by atoms with Gasteiger partial charge in [0.25, 0.3) is 0 Å². The predicted octanol–water partition coefficient (Wildman–Crippen LogP) is 6.16. The van der Waals surface area contributed by atoms with E-state index in [-0.39, 0.29) is 23.0 Å². The number of hydrogen-bond acceptors (Lipinski definition) is 4. The highest BCUT2D eigenvalue weighted by molar-refractivity contribution is 5.79. The van der Waals surface area contributed by atoms with Gasteiger partial charge in [-0.15, -0.1) is 0 Å². The second-order valence-corrected chi connectivity index (χ2v) is 12.6. The SMILES string of the molecule is C[C@]12CCC(=O)C[C@@H]1CC[C@@H]1[C@@H]2[C@@H](OCCCCCCCCCC(=O)O)C[C@]2(C)[C@@H](O)CC[C@@H]12. The van der Waals surface area contributed by atoms with Crippen molar-refractivity contribution in [2.45, 2.75) is 129 Å². The number of carboxylic acids is 1. The summed E-state index contributed by atoms with van der Waals surface area (Å²) in [5.41, 5.74) is 0.182. The molecule has 194 valence electrons. The molecule has 0 unspecified atom stereocenters. The van der Waals surface area contributed by atoms with E-state index in [1.165, 1.54) is 25.7 Å². The molecular weight excluding hydrogens is 428 g/mol. The Bertz CT molecular complexity index is 721. The first-order valence-corrected chi connectivity index (χ1v) is 14.3. The molecule has 34 heavy (non-hydrogen) atoms. The largest absolute Gasteiger partial charge is 0.481 e. The van der Waals surface area contributed by atoms with Crippen LogP contribution < -0.4 is 0 Å². The lowest BCUT2D eigenvalue weighted by atomic mass is 9.44. The monoisotopic (exact) mass is 476 g/mol. The number of ether oxygens (including phenoxy) is 1. The van der Waals surface area contributed by atoms with Crippen molar-refractivity contribution in [2.75, 3.05) is 6.61 Å². The zero-order chi connectivity index (χ0) is 24.3. The molecular formula is C29H48O5. The Balaban J connectivity index is 1.32. The number of rotatable bonds is 11. The Morgan fingerprint density at radius 1 is 0.971 bits per heavy atom. The Kier molecular flexibility index (Phi) is 8.44. The molecule has 2 N–H and O–H groups in total. The topological polar surface area (TPSA) is 83.8 Å². The van der Waals surface area contributed by atoms with Crippen LogP contribution in [0.15, 0.2) is 0 Å². The van der Waals surface area contributed by atoms with Crippen LogP contribution in [-0.2, 0) is 14.3 Å². The molecule has 5 nitrogen and oxygen atoms in total. The van der Waals surface area contributed by atoms with Crippen LogP contribution in [0.5, 0.6) is 0 Å². The molecule has 4 aliphatic carbocycles. The minimum atomic E-state index is -0.689. The summed E-state index contributed by atoms with van der Waals surface area (Å²) < 4.78 is 6.73. The fourth-order valence-electron chi connectivity index (χ4n) is 8.76. The van der Waals surface area contributed by atoms with E-state index in [0.29, 0.717) is 35.9 Å². The first-order chi connectivity index (χ1) is 16.3. The molecule has 0 aromatic carbocycles. The van der Waals surface area contributed by atoms with E-state index in [0.717, 1.165) is 77.2 Å². The molecule has 4 rings (SSSR count). The number of unbranched alkanes of at least 4 members (excludes halogenated alkanes) is 6. The Morgan fingerprint density at radius 2 is 1.68 bits per heavy atom. The van der Waals surface area contributed by atoms with Crippen molar-refractivity contribution in [1.82, 2.24) is 0 Å². The summed E-state index contributed by atoms with van der Waals surface area (Å²) >= 11 is 0. The van der Waals surface area contributed by atoms with E-state index in [2.05, 4.69) is 13.8 Å². The molecule has 8 atom stereocenters. The van der Waals surface area contributed by atoms with Crippen LogP contribution in [0.3, 0.4) is 0 Å². The third-order valence-electron chi connectivity index (χ3n) is 10.7. The van der Waals surface area contributed by atoms with Crippen LogP contribution in [0.4, 0.5) is 0 Å². The second-order valence-electron chi connectivity index (χ2n) is 12.6. The molecule has 0 aromatic heterocycles. The lowest BCUT2D eigenvalue weighted by Gasteiger charge is -2.62. The number of carbonyl (C=O) groups is 2. The normalized spacial score (nSPS) is 41.6. The maximum absolute atomic E-state index is 12.3. The maximum Gasteiger partial charge on any atom is 0.303 e. The first kappa shape index (κ1) is 26.1. The highest BCUT2D eigenvalue weighted by atomic mass is 16.5. The van der Waals surface area contributed by atoms with Gasteiger partial charge in [-0.3, -0.25) is 9.59 Å². The molecule has 0 aromatic rings. The number of Topliss-reactive ketones (excluding diaryl/α,β-unsaturated/α-hetero) is 1. The summed E-state index contributed by atoms with van der Waals surface area (Å²) in [6.07, 6.45) is 15.8. The highest BCUT2D eigenvalue weighted by Crippen LogP contribution is 2.66. The number of hydrogen-bond donors (Lipinski definition) is 2. The third kappa shape index (κ3) is 5.26. The van der Waals surface area contributed by atoms with Gasteiger partial charge in [0, 0.05) is 25.9 Å². The van der Waals surface area contributed by atoms with Gasteiger partial charge in [-0.05, 0) is 85.9 Å². The fourth-order valence-corrected chi connectivity index (χ4v) is 8.76. The van der Waals surface area contributed by atoms with Crippen LogP contribution in [-0.4, -0.2) is 40.8 Å². The van der Waals surface area contributed by atoms with Gasteiger partial charge in [0.2, 0.25) is 0 Å². The maximum atomic E-state index is 12.3. The van der Waals surface area contributed by atoms with Gasteiger partial charge in [-0.1, -0.05) is 46.0 Å². The van der Waals surface area contributed by atoms with Crippen LogP contribution in [0, 0.1) is 34.5 Å². The zero-order valence-corrected chi connectivity index (χ0v) is 21.6. The van der Waals surface area contributed by atoms with E-state index in [1.54, 1.807) is 0 Å². The summed E-state index contributed by atoms with van der Waals surface area (Å²) in [4.78, 5) is 22.9. The zero-order valence-electron chi connectivity index (χ0n) is 21.6. The molecule has 4 saturated carbocycles. The van der Waals surface area contributed by atoms with Gasteiger partial charge in [0.15, 0.2) is 0 Å². The Labute approximate surface area is 206 Å². The van der Waals surface area contributed by atoms with E-state index in [1.807, 2.05) is 0 Å². The third-order valence-corrected chi connectivity index (χ3v) is 10.7. The number of carbonyl (C=O) groups excluding carboxylic acids is 1. The minimum absolute atomic E-state index is 0.0184. The molecule has 0 bridgehead atoms. The quantitative estimate of drug-likeness (QED) is 0.349. The van der Waals surface area contributed by atoms with Crippen LogP contribution in [0.2, 0.25) is 0 Å². The van der Waals surface area contributed by atoms with Crippen molar-refractivity contribution < 1.29 is 24.5 Å². The molecule has 4 aliphatic rings. The van der Waals surface area contributed by atoms with Gasteiger partial charge < -0.3 is 14.9 Å². The number of ketones is 1. The smallest absolute Gasteiger partial charge is 0.303 e.